The van der Waals surface area contributed by atoms with E-state index in [9.17, 15) is 4.79 Å². The maximum absolute atomic E-state index is 12.7. The number of fused-ring (bicyclic) bond motifs is 2. The highest BCUT2D eigenvalue weighted by atomic mass is 32.2. The summed E-state index contributed by atoms with van der Waals surface area (Å²) in [7, 11) is 1.87. The molecule has 1 N–H and O–H groups in total. The second-order valence-electron chi connectivity index (χ2n) is 6.29. The Morgan fingerprint density at radius 3 is 2.92 bits per heavy atom. The fraction of sp³-hybridized carbons (Fsp3) is 0.250. The zero-order chi connectivity index (χ0) is 17.2. The van der Waals surface area contributed by atoms with Crippen molar-refractivity contribution in [2.45, 2.75) is 23.9 Å². The van der Waals surface area contributed by atoms with Crippen molar-refractivity contribution in [3.63, 3.8) is 0 Å². The van der Waals surface area contributed by atoms with E-state index in [2.05, 4.69) is 53.2 Å². The lowest BCUT2D eigenvalue weighted by molar-refractivity contribution is 0.202. The Balaban J connectivity index is 1.46. The molecular weight excluding hydrogens is 348 g/mol. The summed E-state index contributed by atoms with van der Waals surface area (Å²) < 4.78 is 1.27. The van der Waals surface area contributed by atoms with Gasteiger partial charge in [0.25, 0.3) is 0 Å². The molecule has 1 aliphatic heterocycles. The first kappa shape index (κ1) is 16.5. The molecule has 2 aromatic carbocycles. The fourth-order valence-corrected chi connectivity index (χ4v) is 5.31. The molecule has 1 aliphatic rings. The Hall–Kier alpha value is -1.98. The standard InChI is InChI=1S/C20H20N2OS2/c1-22(12-14-13-25-18-8-4-2-6-15(14)18)20(23)21-17-10-11-24-19-9-5-3-7-16(17)19/h2-9,13,17H,10-12H2,1H3,(H,21,23). The van der Waals surface area contributed by atoms with Crippen LogP contribution in [0.15, 0.2) is 58.8 Å². The van der Waals surface area contributed by atoms with Gasteiger partial charge in [-0.2, -0.15) is 0 Å². The first-order valence-electron chi connectivity index (χ1n) is 8.41. The van der Waals surface area contributed by atoms with Gasteiger partial charge in [0.15, 0.2) is 0 Å². The number of thioether (sulfide) groups is 1. The Morgan fingerprint density at radius 2 is 2.00 bits per heavy atom. The molecule has 5 heteroatoms. The molecule has 128 valence electrons. The van der Waals surface area contributed by atoms with E-state index in [-0.39, 0.29) is 12.1 Å². The topological polar surface area (TPSA) is 32.3 Å². The number of nitrogens with one attached hydrogen (secondary N) is 1. The SMILES string of the molecule is CN(Cc1csc2ccccc12)C(=O)NC1CCSc2ccccc21. The van der Waals surface area contributed by atoms with Crippen LogP contribution >= 0.6 is 23.1 Å². The monoisotopic (exact) mass is 368 g/mol. The number of nitrogens with zero attached hydrogens (tertiary/aromatic N) is 1. The van der Waals surface area contributed by atoms with Gasteiger partial charge in [0.2, 0.25) is 0 Å². The molecule has 1 aromatic heterocycles. The van der Waals surface area contributed by atoms with Crippen LogP contribution in [-0.4, -0.2) is 23.7 Å². The van der Waals surface area contributed by atoms with Crippen LogP contribution in [0.5, 0.6) is 0 Å². The van der Waals surface area contributed by atoms with Gasteiger partial charge < -0.3 is 10.2 Å². The second kappa shape index (κ2) is 7.10. The highest BCUT2D eigenvalue weighted by molar-refractivity contribution is 7.99. The molecule has 0 fully saturated rings. The second-order valence-corrected chi connectivity index (χ2v) is 8.34. The van der Waals surface area contributed by atoms with Crippen molar-refractivity contribution >= 4 is 39.2 Å². The first-order chi connectivity index (χ1) is 12.2. The highest BCUT2D eigenvalue weighted by Crippen LogP contribution is 2.36. The van der Waals surface area contributed by atoms with Crippen molar-refractivity contribution in [1.82, 2.24) is 10.2 Å². The molecule has 3 nitrogen and oxygen atoms in total. The molecule has 25 heavy (non-hydrogen) atoms. The maximum atomic E-state index is 12.7. The summed E-state index contributed by atoms with van der Waals surface area (Å²) in [4.78, 5) is 15.8. The van der Waals surface area contributed by atoms with E-state index in [0.29, 0.717) is 6.54 Å². The normalized spacial score (nSPS) is 16.4. The van der Waals surface area contributed by atoms with Crippen LogP contribution in [0, 0.1) is 0 Å². The van der Waals surface area contributed by atoms with Crippen LogP contribution in [-0.2, 0) is 6.54 Å². The van der Waals surface area contributed by atoms with Crippen molar-refractivity contribution in [2.75, 3.05) is 12.8 Å². The lowest BCUT2D eigenvalue weighted by Crippen LogP contribution is -2.39. The summed E-state index contributed by atoms with van der Waals surface area (Å²) in [5.41, 5.74) is 2.44. The lowest BCUT2D eigenvalue weighted by atomic mass is 10.0. The molecule has 4 rings (SSSR count). The minimum atomic E-state index is -0.0121. The Bertz CT molecular complexity index is 905. The van der Waals surface area contributed by atoms with Crippen molar-refractivity contribution in [2.24, 2.45) is 0 Å². The summed E-state index contributed by atoms with van der Waals surface area (Å²) >= 11 is 3.60. The summed E-state index contributed by atoms with van der Waals surface area (Å²) in [6.07, 6.45) is 0.975. The number of hydrogen-bond acceptors (Lipinski definition) is 3. The molecule has 0 spiro atoms. The van der Waals surface area contributed by atoms with Gasteiger partial charge in [0.1, 0.15) is 0 Å². The van der Waals surface area contributed by atoms with E-state index < -0.39 is 0 Å². The largest absolute Gasteiger partial charge is 0.331 e. The van der Waals surface area contributed by atoms with Gasteiger partial charge in [-0.3, -0.25) is 0 Å². The van der Waals surface area contributed by atoms with Gasteiger partial charge in [0, 0.05) is 28.9 Å². The average Bonchev–Trinajstić information content (AvgIpc) is 3.05. The predicted molar refractivity (Wildman–Crippen MR) is 106 cm³/mol. The summed E-state index contributed by atoms with van der Waals surface area (Å²) in [5, 5.41) is 6.61. The predicted octanol–water partition coefficient (Wildman–Crippen LogP) is 5.28. The van der Waals surface area contributed by atoms with Crippen molar-refractivity contribution in [1.29, 1.82) is 0 Å². The summed E-state index contributed by atoms with van der Waals surface area (Å²) in [6.45, 7) is 0.624. The molecule has 0 saturated carbocycles. The zero-order valence-electron chi connectivity index (χ0n) is 14.1. The number of urea groups is 1. The third-order valence-electron chi connectivity index (χ3n) is 4.57. The van der Waals surface area contributed by atoms with Gasteiger partial charge in [-0.1, -0.05) is 36.4 Å². The van der Waals surface area contributed by atoms with Gasteiger partial charge in [-0.25, -0.2) is 4.79 Å². The van der Waals surface area contributed by atoms with Crippen molar-refractivity contribution in [3.8, 4) is 0 Å². The van der Waals surface area contributed by atoms with E-state index in [1.54, 1.807) is 16.2 Å². The van der Waals surface area contributed by atoms with Crippen LogP contribution in [0.25, 0.3) is 10.1 Å². The fourth-order valence-electron chi connectivity index (χ4n) is 3.23. The minimum absolute atomic E-state index is 0.0121. The number of amides is 2. The van der Waals surface area contributed by atoms with Crippen LogP contribution < -0.4 is 5.32 Å². The van der Waals surface area contributed by atoms with E-state index >= 15 is 0 Å². The minimum Gasteiger partial charge on any atom is -0.331 e. The number of benzene rings is 2. The number of thiophene rings is 1. The van der Waals surface area contributed by atoms with E-state index in [1.165, 1.54) is 26.1 Å². The van der Waals surface area contributed by atoms with Crippen LogP contribution in [0.1, 0.15) is 23.6 Å². The lowest BCUT2D eigenvalue weighted by Gasteiger charge is -2.28. The van der Waals surface area contributed by atoms with Gasteiger partial charge >= 0.3 is 6.03 Å². The number of carbonyl (C=O) groups excluding carboxylic acids is 1. The van der Waals surface area contributed by atoms with Crippen molar-refractivity contribution in [3.05, 3.63) is 65.0 Å². The Kier molecular flexibility index (Phi) is 4.68. The molecule has 1 unspecified atom stereocenters. The molecule has 0 aliphatic carbocycles. The Morgan fingerprint density at radius 1 is 1.20 bits per heavy atom. The zero-order valence-corrected chi connectivity index (χ0v) is 15.7. The maximum Gasteiger partial charge on any atom is 0.317 e. The first-order valence-corrected chi connectivity index (χ1v) is 10.3. The van der Waals surface area contributed by atoms with Gasteiger partial charge in [-0.15, -0.1) is 23.1 Å². The molecule has 0 bridgehead atoms. The smallest absolute Gasteiger partial charge is 0.317 e. The number of carbonyl (C=O) groups is 1. The van der Waals surface area contributed by atoms with Crippen LogP contribution in [0.2, 0.25) is 0 Å². The number of rotatable bonds is 3. The van der Waals surface area contributed by atoms with Crippen molar-refractivity contribution < 1.29 is 4.79 Å². The van der Waals surface area contributed by atoms with Crippen LogP contribution in [0.3, 0.4) is 0 Å². The molecule has 0 saturated heterocycles. The highest BCUT2D eigenvalue weighted by Gasteiger charge is 2.23. The average molecular weight is 369 g/mol. The van der Waals surface area contributed by atoms with Crippen LogP contribution in [0.4, 0.5) is 4.79 Å². The third-order valence-corrected chi connectivity index (χ3v) is 6.71. The molecule has 0 radical (unpaired) electrons. The molecule has 2 heterocycles. The van der Waals surface area contributed by atoms with Gasteiger partial charge in [0.05, 0.1) is 6.04 Å². The third kappa shape index (κ3) is 3.39. The van der Waals surface area contributed by atoms with E-state index in [0.717, 1.165) is 12.2 Å². The van der Waals surface area contributed by atoms with E-state index in [1.807, 2.05) is 24.9 Å². The molecule has 2 amide bonds. The van der Waals surface area contributed by atoms with E-state index in [4.69, 9.17) is 0 Å². The number of hydrogen-bond donors (Lipinski definition) is 1. The molecular formula is C20H20N2OS2. The summed E-state index contributed by atoms with van der Waals surface area (Å²) in [5.74, 6) is 1.04. The Labute approximate surface area is 156 Å². The molecule has 1 atom stereocenters. The molecule has 3 aromatic rings. The van der Waals surface area contributed by atoms with Gasteiger partial charge in [-0.05, 0) is 40.4 Å². The quantitative estimate of drug-likeness (QED) is 0.682. The summed E-state index contributed by atoms with van der Waals surface area (Å²) in [6, 6.07) is 16.8.